The molecule has 1 aromatic rings. The monoisotopic (exact) mass is 383 g/mol. The second-order valence-corrected chi connectivity index (χ2v) is 8.87. The lowest BCUT2D eigenvalue weighted by Crippen LogP contribution is -2.60. The van der Waals surface area contributed by atoms with Crippen LogP contribution in [0.5, 0.6) is 0 Å². The van der Waals surface area contributed by atoms with Crippen LogP contribution in [0.2, 0.25) is 0 Å². The highest BCUT2D eigenvalue weighted by Crippen LogP contribution is 2.52. The number of imide groups is 1. The van der Waals surface area contributed by atoms with E-state index in [2.05, 4.69) is 11.4 Å². The van der Waals surface area contributed by atoms with Crippen molar-refractivity contribution in [2.24, 2.45) is 17.8 Å². The van der Waals surface area contributed by atoms with Gasteiger partial charge in [0.1, 0.15) is 5.54 Å². The molecular formula is C21H25N3O4. The summed E-state index contributed by atoms with van der Waals surface area (Å²) in [4.78, 5) is 40.3. The second-order valence-electron chi connectivity index (χ2n) is 8.87. The number of hydrogen-bond acceptors (Lipinski definition) is 5. The average molecular weight is 383 g/mol. The number of hydrogen-bond donors (Lipinski definition) is 2. The molecule has 2 saturated heterocycles. The van der Waals surface area contributed by atoms with Gasteiger partial charge in [0.25, 0.3) is 0 Å². The van der Waals surface area contributed by atoms with Gasteiger partial charge in [-0.15, -0.1) is 0 Å². The lowest BCUT2D eigenvalue weighted by Gasteiger charge is -2.37. The molecular weight excluding hydrogens is 358 g/mol. The highest BCUT2D eigenvalue weighted by atomic mass is 16.4. The van der Waals surface area contributed by atoms with Crippen LogP contribution in [0, 0.1) is 29.1 Å². The molecule has 2 aliphatic heterocycles. The van der Waals surface area contributed by atoms with Gasteiger partial charge in [-0.2, -0.15) is 5.26 Å². The zero-order chi connectivity index (χ0) is 21.0. The Bertz CT molecular complexity index is 896. The Hall–Kier alpha value is -2.72. The van der Waals surface area contributed by atoms with Crippen molar-refractivity contribution in [3.05, 3.63) is 35.4 Å². The molecule has 1 aromatic carbocycles. The summed E-state index contributed by atoms with van der Waals surface area (Å²) < 4.78 is 0. The first kappa shape index (κ1) is 20.0. The first-order valence-corrected chi connectivity index (χ1v) is 9.36. The van der Waals surface area contributed by atoms with Gasteiger partial charge in [0.2, 0.25) is 11.8 Å². The molecule has 4 atom stereocenters. The fraction of sp³-hybridized carbons (Fsp3) is 0.524. The Morgan fingerprint density at radius 1 is 1.29 bits per heavy atom. The third-order valence-corrected chi connectivity index (χ3v) is 5.91. The van der Waals surface area contributed by atoms with Gasteiger partial charge >= 0.3 is 5.97 Å². The summed E-state index contributed by atoms with van der Waals surface area (Å²) in [6.07, 6.45) is 0. The molecule has 0 saturated carbocycles. The first-order valence-electron chi connectivity index (χ1n) is 9.36. The maximum atomic E-state index is 13.3. The topological polar surface area (TPSA) is 110 Å². The van der Waals surface area contributed by atoms with Crippen LogP contribution in [0.25, 0.3) is 0 Å². The summed E-state index contributed by atoms with van der Waals surface area (Å²) in [6.45, 7) is 8.77. The number of likely N-dealkylation sites (tertiary alicyclic amines) is 1. The Kier molecular flexibility index (Phi) is 4.59. The number of benzene rings is 1. The Balaban J connectivity index is 2.22. The number of fused-ring (bicyclic) bond motifs is 1. The number of rotatable bonds is 3. The molecule has 148 valence electrons. The second kappa shape index (κ2) is 6.42. The fourth-order valence-electron chi connectivity index (χ4n) is 4.66. The van der Waals surface area contributed by atoms with Crippen molar-refractivity contribution in [1.29, 1.82) is 5.26 Å². The molecule has 2 aliphatic rings. The van der Waals surface area contributed by atoms with Crippen molar-refractivity contribution >= 4 is 17.8 Å². The number of carbonyl (C=O) groups excluding carboxylic acids is 2. The van der Waals surface area contributed by atoms with Crippen LogP contribution in [0.1, 0.15) is 51.8 Å². The highest BCUT2D eigenvalue weighted by Gasteiger charge is 2.70. The molecule has 0 aliphatic carbocycles. The molecule has 0 spiro atoms. The van der Waals surface area contributed by atoms with E-state index in [-0.39, 0.29) is 5.91 Å². The SMILES string of the molecule is CC(C)C1(C(=O)O)NC(c2cccc(C#N)c2)C2C(=O)N(C(C)(C)C)C(=O)C21. The minimum atomic E-state index is -1.56. The van der Waals surface area contributed by atoms with Crippen LogP contribution in [0.4, 0.5) is 0 Å². The number of nitriles is 1. The van der Waals surface area contributed by atoms with Crippen molar-refractivity contribution in [1.82, 2.24) is 10.2 Å². The molecule has 0 aromatic heterocycles. The van der Waals surface area contributed by atoms with Crippen molar-refractivity contribution < 1.29 is 19.5 Å². The van der Waals surface area contributed by atoms with Gasteiger partial charge in [-0.1, -0.05) is 26.0 Å². The molecule has 7 heteroatoms. The maximum Gasteiger partial charge on any atom is 0.325 e. The van der Waals surface area contributed by atoms with E-state index in [1.165, 1.54) is 4.90 Å². The zero-order valence-electron chi connectivity index (χ0n) is 16.7. The number of carboxylic acids is 1. The van der Waals surface area contributed by atoms with Crippen LogP contribution in [0.3, 0.4) is 0 Å². The highest BCUT2D eigenvalue weighted by molar-refractivity contribution is 6.10. The fourth-order valence-corrected chi connectivity index (χ4v) is 4.66. The van der Waals surface area contributed by atoms with Gasteiger partial charge in [0.05, 0.1) is 23.5 Å². The molecule has 2 amide bonds. The standard InChI is InChI=1S/C21H25N3O4/c1-11(2)21(19(27)28)15-14(17(25)24(18(15)26)20(3,4)5)16(23-21)13-8-6-7-12(9-13)10-22/h6-9,11,14-16,23H,1-5H3,(H,27,28). The van der Waals surface area contributed by atoms with Crippen molar-refractivity contribution in [3.8, 4) is 6.07 Å². The van der Waals surface area contributed by atoms with Crippen LogP contribution < -0.4 is 5.32 Å². The number of carboxylic acid groups (broad SMARTS) is 1. The maximum absolute atomic E-state index is 13.3. The summed E-state index contributed by atoms with van der Waals surface area (Å²) in [5.41, 5.74) is -1.27. The zero-order valence-corrected chi connectivity index (χ0v) is 16.7. The molecule has 3 rings (SSSR count). The van der Waals surface area contributed by atoms with Crippen molar-refractivity contribution in [3.63, 3.8) is 0 Å². The molecule has 0 radical (unpaired) electrons. The van der Waals surface area contributed by atoms with Crippen LogP contribution in [0.15, 0.2) is 24.3 Å². The minimum absolute atomic E-state index is 0.369. The van der Waals surface area contributed by atoms with E-state index in [1.54, 1.807) is 58.9 Å². The van der Waals surface area contributed by atoms with Gasteiger partial charge in [-0.25, -0.2) is 0 Å². The van der Waals surface area contributed by atoms with Gasteiger partial charge in [-0.05, 0) is 44.4 Å². The third-order valence-electron chi connectivity index (χ3n) is 5.91. The number of carbonyl (C=O) groups is 3. The van der Waals surface area contributed by atoms with Gasteiger partial charge in [-0.3, -0.25) is 24.6 Å². The molecule has 0 bridgehead atoms. The Morgan fingerprint density at radius 3 is 2.43 bits per heavy atom. The quantitative estimate of drug-likeness (QED) is 0.773. The molecule has 2 fully saturated rings. The number of aliphatic carboxylic acids is 1. The van der Waals surface area contributed by atoms with Crippen LogP contribution in [-0.4, -0.2) is 38.9 Å². The largest absolute Gasteiger partial charge is 0.480 e. The number of amides is 2. The van der Waals surface area contributed by atoms with E-state index >= 15 is 0 Å². The van der Waals surface area contributed by atoms with Gasteiger partial charge < -0.3 is 5.11 Å². The van der Waals surface area contributed by atoms with E-state index in [0.29, 0.717) is 11.1 Å². The lowest BCUT2D eigenvalue weighted by molar-refractivity contribution is -0.155. The van der Waals surface area contributed by atoms with E-state index in [1.807, 2.05) is 0 Å². The van der Waals surface area contributed by atoms with Crippen molar-refractivity contribution in [2.75, 3.05) is 0 Å². The number of nitrogens with one attached hydrogen (secondary N) is 1. The van der Waals surface area contributed by atoms with Gasteiger partial charge in [0, 0.05) is 11.6 Å². The molecule has 4 unspecified atom stereocenters. The van der Waals surface area contributed by atoms with E-state index in [9.17, 15) is 24.8 Å². The smallest absolute Gasteiger partial charge is 0.325 e. The summed E-state index contributed by atoms with van der Waals surface area (Å²) in [5.74, 6) is -4.24. The van der Waals surface area contributed by atoms with Crippen molar-refractivity contribution in [2.45, 2.75) is 51.7 Å². The van der Waals surface area contributed by atoms with Crippen LogP contribution in [-0.2, 0) is 14.4 Å². The van der Waals surface area contributed by atoms with E-state index in [0.717, 1.165) is 0 Å². The third kappa shape index (κ3) is 2.63. The predicted octanol–water partition coefficient (Wildman–Crippen LogP) is 2.08. The normalized spacial score (nSPS) is 29.9. The Morgan fingerprint density at radius 2 is 1.93 bits per heavy atom. The minimum Gasteiger partial charge on any atom is -0.480 e. The summed E-state index contributed by atoms with van der Waals surface area (Å²) in [6, 6.07) is 8.14. The van der Waals surface area contributed by atoms with E-state index < -0.39 is 46.7 Å². The summed E-state index contributed by atoms with van der Waals surface area (Å²) >= 11 is 0. The summed E-state index contributed by atoms with van der Waals surface area (Å²) in [5, 5.41) is 22.5. The van der Waals surface area contributed by atoms with Gasteiger partial charge in [0.15, 0.2) is 0 Å². The molecule has 2 N–H and O–H groups in total. The first-order chi connectivity index (χ1) is 13.0. The number of nitrogens with zero attached hydrogens (tertiary/aromatic N) is 2. The molecule has 2 heterocycles. The summed E-state index contributed by atoms with van der Waals surface area (Å²) in [7, 11) is 0. The molecule has 7 nitrogen and oxygen atoms in total. The predicted molar refractivity (Wildman–Crippen MR) is 101 cm³/mol. The molecule has 28 heavy (non-hydrogen) atoms. The Labute approximate surface area is 164 Å². The van der Waals surface area contributed by atoms with Crippen LogP contribution >= 0.6 is 0 Å². The van der Waals surface area contributed by atoms with E-state index in [4.69, 9.17) is 0 Å². The average Bonchev–Trinajstić information content (AvgIpc) is 3.10. The lowest BCUT2D eigenvalue weighted by atomic mass is 9.73.